The van der Waals surface area contributed by atoms with Crippen LogP contribution in [0.5, 0.6) is 11.5 Å². The van der Waals surface area contributed by atoms with E-state index in [1.807, 2.05) is 45.0 Å². The van der Waals surface area contributed by atoms with Gasteiger partial charge in [0.15, 0.2) is 0 Å². The molecule has 2 nitrogen and oxygen atoms in total. The first kappa shape index (κ1) is 30.1. The molecule has 0 amide bonds. The van der Waals surface area contributed by atoms with E-state index in [1.54, 1.807) is 0 Å². The molecule has 0 aliphatic heterocycles. The lowest BCUT2D eigenvalue weighted by Gasteiger charge is -2.23. The van der Waals surface area contributed by atoms with Gasteiger partial charge in [-0.25, -0.2) is 0 Å². The molecular formula is C45H37BO2. The molecule has 0 atom stereocenters. The fraction of sp³-hybridized carbons (Fsp3) is 0.156. The first-order valence-electron chi connectivity index (χ1n) is 16.8. The number of fused-ring (bicyclic) bond motifs is 4. The summed E-state index contributed by atoms with van der Waals surface area (Å²) in [6.07, 6.45) is 6.76. The molecule has 8 rings (SSSR count). The summed E-state index contributed by atoms with van der Waals surface area (Å²) in [6, 6.07) is 29.5. The second-order valence-corrected chi connectivity index (χ2v) is 13.3. The highest BCUT2D eigenvalue weighted by Gasteiger charge is 2.23. The van der Waals surface area contributed by atoms with Gasteiger partial charge < -0.3 is 10.2 Å². The molecule has 2 radical (unpaired) electrons. The molecule has 0 saturated heterocycles. The number of hydrogen-bond donors (Lipinski definition) is 2. The highest BCUT2D eigenvalue weighted by molar-refractivity contribution is 6.40. The minimum Gasteiger partial charge on any atom is -0.507 e. The number of benzene rings is 7. The normalized spacial score (nSPS) is 12.7. The lowest BCUT2D eigenvalue weighted by Crippen LogP contribution is -2.32. The third kappa shape index (κ3) is 4.20. The van der Waals surface area contributed by atoms with Crippen molar-refractivity contribution in [1.82, 2.24) is 0 Å². The van der Waals surface area contributed by atoms with Crippen molar-refractivity contribution >= 4 is 57.8 Å². The summed E-state index contributed by atoms with van der Waals surface area (Å²) >= 11 is 0. The van der Waals surface area contributed by atoms with E-state index in [1.165, 1.54) is 37.9 Å². The van der Waals surface area contributed by atoms with Gasteiger partial charge in [-0.15, -0.1) is 0 Å². The van der Waals surface area contributed by atoms with Crippen LogP contribution in [0, 0.1) is 34.6 Å². The first-order chi connectivity index (χ1) is 23.2. The molecule has 48 heavy (non-hydrogen) atoms. The second-order valence-electron chi connectivity index (χ2n) is 13.3. The number of aromatic hydroxyl groups is 2. The molecular weight excluding hydrogens is 583 g/mol. The van der Waals surface area contributed by atoms with E-state index >= 15 is 0 Å². The van der Waals surface area contributed by atoms with Gasteiger partial charge in [-0.05, 0) is 140 Å². The van der Waals surface area contributed by atoms with E-state index in [2.05, 4.69) is 86.7 Å². The van der Waals surface area contributed by atoms with Crippen LogP contribution in [0.2, 0.25) is 0 Å². The van der Waals surface area contributed by atoms with Gasteiger partial charge in [0.1, 0.15) is 19.3 Å². The second kappa shape index (κ2) is 11.2. The van der Waals surface area contributed by atoms with Crippen molar-refractivity contribution in [2.24, 2.45) is 0 Å². The predicted molar refractivity (Wildman–Crippen MR) is 205 cm³/mol. The van der Waals surface area contributed by atoms with Crippen molar-refractivity contribution in [1.29, 1.82) is 0 Å². The maximum atomic E-state index is 11.7. The SMILES string of the molecule is [B]c1c(-c2cccc3c(-c4c5c(c(-c6c(C)c(C)c(O)c(C)c6C)c6ccccc46)=CCCC=5)cccc23)c(O)c2ccccc2c1C. The number of rotatable bonds is 3. The molecule has 0 fully saturated rings. The Balaban J connectivity index is 1.49. The molecule has 7 aromatic carbocycles. The van der Waals surface area contributed by atoms with E-state index in [9.17, 15) is 10.2 Å². The zero-order valence-corrected chi connectivity index (χ0v) is 28.1. The molecule has 2 N–H and O–H groups in total. The molecule has 0 heterocycles. The average Bonchev–Trinajstić information content (AvgIpc) is 3.12. The van der Waals surface area contributed by atoms with Crippen LogP contribution in [-0.2, 0) is 0 Å². The molecule has 1 aliphatic carbocycles. The van der Waals surface area contributed by atoms with Gasteiger partial charge in [0.25, 0.3) is 0 Å². The van der Waals surface area contributed by atoms with Gasteiger partial charge in [0, 0.05) is 10.9 Å². The van der Waals surface area contributed by atoms with Crippen molar-refractivity contribution in [3.8, 4) is 44.9 Å². The van der Waals surface area contributed by atoms with Gasteiger partial charge in [-0.2, -0.15) is 0 Å². The van der Waals surface area contributed by atoms with Crippen molar-refractivity contribution in [3.05, 3.63) is 123 Å². The fourth-order valence-corrected chi connectivity index (χ4v) is 8.22. The summed E-state index contributed by atoms with van der Waals surface area (Å²) in [6.45, 7) is 10.4. The monoisotopic (exact) mass is 620 g/mol. The lowest BCUT2D eigenvalue weighted by molar-refractivity contribution is 0.466. The Morgan fingerprint density at radius 1 is 0.417 bits per heavy atom. The highest BCUT2D eigenvalue weighted by Crippen LogP contribution is 2.43. The van der Waals surface area contributed by atoms with E-state index in [0.717, 1.165) is 73.3 Å². The largest absolute Gasteiger partial charge is 0.507 e. The van der Waals surface area contributed by atoms with Crippen molar-refractivity contribution in [3.63, 3.8) is 0 Å². The molecule has 232 valence electrons. The summed E-state index contributed by atoms with van der Waals surface area (Å²) in [7, 11) is 6.83. The third-order valence-electron chi connectivity index (χ3n) is 11.0. The van der Waals surface area contributed by atoms with Crippen LogP contribution >= 0.6 is 0 Å². The van der Waals surface area contributed by atoms with Crippen molar-refractivity contribution < 1.29 is 10.2 Å². The Labute approximate surface area is 282 Å². The van der Waals surface area contributed by atoms with Gasteiger partial charge in [0.2, 0.25) is 0 Å². The van der Waals surface area contributed by atoms with E-state index in [0.29, 0.717) is 16.8 Å². The van der Waals surface area contributed by atoms with Crippen molar-refractivity contribution in [2.45, 2.75) is 47.5 Å². The number of phenols is 2. The van der Waals surface area contributed by atoms with Crippen LogP contribution in [0.4, 0.5) is 0 Å². The molecule has 0 spiro atoms. The Morgan fingerprint density at radius 2 is 0.875 bits per heavy atom. The molecule has 0 unspecified atom stereocenters. The van der Waals surface area contributed by atoms with E-state index in [4.69, 9.17) is 7.85 Å². The van der Waals surface area contributed by atoms with Crippen LogP contribution in [0.1, 0.15) is 40.7 Å². The van der Waals surface area contributed by atoms with Crippen molar-refractivity contribution in [2.75, 3.05) is 0 Å². The summed E-state index contributed by atoms with van der Waals surface area (Å²) in [5.41, 5.74) is 12.1. The standard InChI is InChI=1S/C45H37BO2/c1-24-26(3)44(47)27(4)25(2)39(24)41-36-17-9-7-15-34(36)40(35-16-8-10-18-37(35)41)32-22-12-21-31-30(32)20-13-23-33(31)42-43(46)28(5)29-14-6-11-19-38(29)45(42)48/h6-7,9,11-23,47-48H,8,10H2,1-5H3. The van der Waals surface area contributed by atoms with Crippen LogP contribution in [0.3, 0.4) is 0 Å². The summed E-state index contributed by atoms with van der Waals surface area (Å²) in [5, 5.41) is 31.5. The molecule has 0 aromatic heterocycles. The topological polar surface area (TPSA) is 40.5 Å². The molecule has 0 bridgehead atoms. The Hall–Kier alpha value is -5.28. The zero-order chi connectivity index (χ0) is 33.4. The molecule has 1 aliphatic rings. The summed E-state index contributed by atoms with van der Waals surface area (Å²) in [5.74, 6) is 0.603. The van der Waals surface area contributed by atoms with Crippen LogP contribution in [-0.4, -0.2) is 18.1 Å². The molecule has 7 aromatic rings. The van der Waals surface area contributed by atoms with Crippen LogP contribution in [0.15, 0.2) is 84.9 Å². The fourth-order valence-electron chi connectivity index (χ4n) is 8.22. The van der Waals surface area contributed by atoms with Crippen LogP contribution in [0.25, 0.3) is 77.9 Å². The molecule has 0 saturated carbocycles. The highest BCUT2D eigenvalue weighted by atomic mass is 16.3. The van der Waals surface area contributed by atoms with Crippen LogP contribution < -0.4 is 15.9 Å². The van der Waals surface area contributed by atoms with Gasteiger partial charge in [0.05, 0.1) is 0 Å². The van der Waals surface area contributed by atoms with Gasteiger partial charge in [-0.3, -0.25) is 0 Å². The Morgan fingerprint density at radius 3 is 1.46 bits per heavy atom. The number of hydrogen-bond acceptors (Lipinski definition) is 2. The van der Waals surface area contributed by atoms with E-state index < -0.39 is 0 Å². The quantitative estimate of drug-likeness (QED) is 0.193. The zero-order valence-electron chi connectivity index (χ0n) is 28.1. The summed E-state index contributed by atoms with van der Waals surface area (Å²) < 4.78 is 0. The predicted octanol–water partition coefficient (Wildman–Crippen LogP) is 9.25. The number of phenolic OH excluding ortho intramolecular Hbond substituents is 2. The number of aryl methyl sites for hydroxylation is 1. The average molecular weight is 621 g/mol. The van der Waals surface area contributed by atoms with Gasteiger partial charge in [-0.1, -0.05) is 103 Å². The maximum Gasteiger partial charge on any atom is 0.130 e. The van der Waals surface area contributed by atoms with E-state index in [-0.39, 0.29) is 5.75 Å². The smallest absolute Gasteiger partial charge is 0.130 e. The minimum absolute atomic E-state index is 0.215. The first-order valence-corrected chi connectivity index (χ1v) is 16.8. The Kier molecular flexibility index (Phi) is 7.00. The van der Waals surface area contributed by atoms with Gasteiger partial charge >= 0.3 is 0 Å². The third-order valence-corrected chi connectivity index (χ3v) is 11.0. The maximum absolute atomic E-state index is 11.7. The molecule has 3 heteroatoms. The Bertz CT molecular complexity index is 2620. The lowest BCUT2D eigenvalue weighted by atomic mass is 9.78. The minimum atomic E-state index is 0.215. The summed E-state index contributed by atoms with van der Waals surface area (Å²) in [4.78, 5) is 0.